The first-order valence-electron chi connectivity index (χ1n) is 8.32. The summed E-state index contributed by atoms with van der Waals surface area (Å²) in [6.45, 7) is 11.9. The molecule has 0 aliphatic heterocycles. The van der Waals surface area contributed by atoms with Gasteiger partial charge in [-0.05, 0) is 33.6 Å². The van der Waals surface area contributed by atoms with Crippen molar-refractivity contribution in [2.45, 2.75) is 71.8 Å². The molecule has 5 nitrogen and oxygen atoms in total. The van der Waals surface area contributed by atoms with Gasteiger partial charge in [-0.3, -0.25) is 5.32 Å². The summed E-state index contributed by atoms with van der Waals surface area (Å²) >= 11 is 0. The lowest BCUT2D eigenvalue weighted by atomic mass is 9.78. The minimum Gasteiger partial charge on any atom is -0.449 e. The lowest BCUT2D eigenvalue weighted by Gasteiger charge is -2.34. The summed E-state index contributed by atoms with van der Waals surface area (Å²) in [5.41, 5.74) is 0.970. The number of halogens is 2. The van der Waals surface area contributed by atoms with Gasteiger partial charge in [0.2, 0.25) is 5.92 Å². The Morgan fingerprint density at radius 2 is 2.00 bits per heavy atom. The molecule has 1 aliphatic carbocycles. The Morgan fingerprint density at radius 3 is 2.46 bits per heavy atom. The number of rotatable bonds is 4. The van der Waals surface area contributed by atoms with E-state index in [1.54, 1.807) is 11.6 Å². The zero-order valence-electron chi connectivity index (χ0n) is 15.2. The number of nitrogens with one attached hydrogen (secondary N) is 1. The van der Waals surface area contributed by atoms with Crippen LogP contribution in [0.2, 0.25) is 0 Å². The van der Waals surface area contributed by atoms with Crippen molar-refractivity contribution in [2.24, 2.45) is 5.92 Å². The highest BCUT2D eigenvalue weighted by molar-refractivity contribution is 5.84. The van der Waals surface area contributed by atoms with E-state index in [1.165, 1.54) is 0 Å². The van der Waals surface area contributed by atoms with Crippen molar-refractivity contribution < 1.29 is 18.3 Å². The van der Waals surface area contributed by atoms with Crippen LogP contribution in [0.3, 0.4) is 0 Å². The van der Waals surface area contributed by atoms with E-state index in [-0.39, 0.29) is 24.7 Å². The van der Waals surface area contributed by atoms with Gasteiger partial charge in [-0.25, -0.2) is 18.3 Å². The Balaban J connectivity index is 2.25. The quantitative estimate of drug-likeness (QED) is 0.865. The van der Waals surface area contributed by atoms with Crippen LogP contribution in [-0.2, 0) is 10.3 Å². The predicted octanol–water partition coefficient (Wildman–Crippen LogP) is 4.66. The second kappa shape index (κ2) is 6.33. The lowest BCUT2D eigenvalue weighted by Crippen LogP contribution is -2.34. The van der Waals surface area contributed by atoms with Crippen LogP contribution in [0.15, 0.2) is 0 Å². The summed E-state index contributed by atoms with van der Waals surface area (Å²) in [7, 11) is 0. The van der Waals surface area contributed by atoms with E-state index in [0.717, 1.165) is 5.56 Å². The number of carbonyl (C=O) groups is 1. The van der Waals surface area contributed by atoms with Gasteiger partial charge in [0.15, 0.2) is 0 Å². The maximum atomic E-state index is 13.2. The van der Waals surface area contributed by atoms with Gasteiger partial charge in [-0.1, -0.05) is 13.8 Å². The van der Waals surface area contributed by atoms with Crippen molar-refractivity contribution in [3.8, 4) is 0 Å². The normalized spacial score (nSPS) is 17.7. The van der Waals surface area contributed by atoms with Crippen LogP contribution in [0, 0.1) is 12.8 Å². The molecule has 136 valence electrons. The van der Waals surface area contributed by atoms with Crippen LogP contribution in [0.25, 0.3) is 0 Å². The average molecular weight is 343 g/mol. The van der Waals surface area contributed by atoms with Gasteiger partial charge in [0.1, 0.15) is 5.82 Å². The topological polar surface area (TPSA) is 56.2 Å². The number of ether oxygens (including phenoxy) is 1. The molecule has 0 aromatic carbocycles. The number of hydrogen-bond donors (Lipinski definition) is 1. The fourth-order valence-electron chi connectivity index (χ4n) is 2.76. The van der Waals surface area contributed by atoms with E-state index in [1.807, 2.05) is 34.6 Å². The van der Waals surface area contributed by atoms with E-state index < -0.39 is 17.6 Å². The largest absolute Gasteiger partial charge is 0.449 e. The minimum absolute atomic E-state index is 0.188. The molecule has 0 saturated heterocycles. The fraction of sp³-hybridized carbons (Fsp3) is 0.765. The molecule has 1 fully saturated rings. The number of amides is 1. The van der Waals surface area contributed by atoms with Crippen LogP contribution >= 0.6 is 0 Å². The molecule has 0 radical (unpaired) electrons. The molecule has 1 N–H and O–H groups in total. The van der Waals surface area contributed by atoms with Gasteiger partial charge in [0.05, 0.1) is 17.8 Å². The van der Waals surface area contributed by atoms with Crippen molar-refractivity contribution in [1.29, 1.82) is 0 Å². The summed E-state index contributed by atoms with van der Waals surface area (Å²) in [5.74, 6) is -2.12. The number of anilines is 1. The summed E-state index contributed by atoms with van der Waals surface area (Å²) < 4.78 is 33.3. The first-order chi connectivity index (χ1) is 10.9. The highest BCUT2D eigenvalue weighted by Gasteiger charge is 2.48. The molecule has 0 spiro atoms. The van der Waals surface area contributed by atoms with Gasteiger partial charge in [0, 0.05) is 24.3 Å². The molecule has 2 rings (SSSR count). The Morgan fingerprint density at radius 1 is 1.42 bits per heavy atom. The number of alkyl halides is 2. The van der Waals surface area contributed by atoms with Crippen molar-refractivity contribution in [1.82, 2.24) is 9.78 Å². The zero-order valence-corrected chi connectivity index (χ0v) is 15.2. The van der Waals surface area contributed by atoms with Gasteiger partial charge in [0.25, 0.3) is 0 Å². The third-order valence-corrected chi connectivity index (χ3v) is 4.04. The Bertz CT molecular complexity index is 610. The van der Waals surface area contributed by atoms with E-state index >= 15 is 0 Å². The lowest BCUT2D eigenvalue weighted by molar-refractivity contribution is -0.0878. The molecule has 1 heterocycles. The molecule has 1 aliphatic rings. The molecule has 1 aromatic heterocycles. The molecule has 0 unspecified atom stereocenters. The highest BCUT2D eigenvalue weighted by Crippen LogP contribution is 2.49. The van der Waals surface area contributed by atoms with Crippen LogP contribution < -0.4 is 5.32 Å². The van der Waals surface area contributed by atoms with Crippen LogP contribution in [0.1, 0.15) is 64.6 Å². The molecule has 0 atom stereocenters. The molecule has 0 bridgehead atoms. The van der Waals surface area contributed by atoms with E-state index in [4.69, 9.17) is 4.74 Å². The highest BCUT2D eigenvalue weighted by atomic mass is 19.3. The maximum Gasteiger partial charge on any atom is 0.412 e. The fourth-order valence-corrected chi connectivity index (χ4v) is 2.76. The van der Waals surface area contributed by atoms with Gasteiger partial charge >= 0.3 is 6.09 Å². The van der Waals surface area contributed by atoms with Crippen LogP contribution in [0.5, 0.6) is 0 Å². The number of hydrogen-bond acceptors (Lipinski definition) is 3. The predicted molar refractivity (Wildman–Crippen MR) is 88.7 cm³/mol. The molecule has 1 aromatic rings. The second-order valence-electron chi connectivity index (χ2n) is 8.02. The molecule has 7 heteroatoms. The van der Waals surface area contributed by atoms with Gasteiger partial charge in [-0.2, -0.15) is 5.10 Å². The number of nitrogens with zero attached hydrogens (tertiary/aromatic N) is 2. The summed E-state index contributed by atoms with van der Waals surface area (Å²) in [5, 5.41) is 7.27. The van der Waals surface area contributed by atoms with Gasteiger partial charge in [-0.15, -0.1) is 0 Å². The number of carbonyl (C=O) groups excluding carboxylic acids is 1. The average Bonchev–Trinajstić information content (AvgIpc) is 2.71. The molecular formula is C17H27F2N3O2. The monoisotopic (exact) mass is 343 g/mol. The van der Waals surface area contributed by atoms with E-state index in [2.05, 4.69) is 10.4 Å². The van der Waals surface area contributed by atoms with Gasteiger partial charge < -0.3 is 4.74 Å². The Kier molecular flexibility index (Phi) is 4.93. The van der Waals surface area contributed by atoms with Crippen molar-refractivity contribution in [3.63, 3.8) is 0 Å². The van der Waals surface area contributed by atoms with E-state index in [9.17, 15) is 13.6 Å². The van der Waals surface area contributed by atoms with E-state index in [0.29, 0.717) is 18.1 Å². The smallest absolute Gasteiger partial charge is 0.412 e. The summed E-state index contributed by atoms with van der Waals surface area (Å²) in [6, 6.07) is 0. The minimum atomic E-state index is -2.60. The Hall–Kier alpha value is -1.66. The third kappa shape index (κ3) is 4.05. The van der Waals surface area contributed by atoms with Crippen molar-refractivity contribution in [2.75, 3.05) is 11.9 Å². The molecule has 1 saturated carbocycles. The summed E-state index contributed by atoms with van der Waals surface area (Å²) in [4.78, 5) is 12.0. The molecule has 24 heavy (non-hydrogen) atoms. The Labute approximate surface area is 141 Å². The SMILES string of the molecule is Cc1c(C2CC(F)(F)C2)nn(C(C)(C)C)c1NC(=O)OCC(C)C. The third-order valence-electron chi connectivity index (χ3n) is 4.04. The molecule has 1 amide bonds. The summed E-state index contributed by atoms with van der Waals surface area (Å²) in [6.07, 6.45) is -0.930. The zero-order chi connectivity index (χ0) is 18.3. The van der Waals surface area contributed by atoms with Crippen LogP contribution in [-0.4, -0.2) is 28.4 Å². The molecular weight excluding hydrogens is 316 g/mol. The first kappa shape index (κ1) is 18.7. The van der Waals surface area contributed by atoms with Crippen LogP contribution in [0.4, 0.5) is 19.4 Å². The standard InChI is InChI=1S/C17H27F2N3O2/c1-10(2)9-24-15(23)20-14-11(3)13(12-7-17(18,19)8-12)21-22(14)16(4,5)6/h10,12H,7-9H2,1-6H3,(H,20,23). The van der Waals surface area contributed by atoms with Crippen molar-refractivity contribution in [3.05, 3.63) is 11.3 Å². The van der Waals surface area contributed by atoms with Crippen molar-refractivity contribution >= 4 is 11.9 Å². The second-order valence-corrected chi connectivity index (χ2v) is 8.02. The first-order valence-corrected chi connectivity index (χ1v) is 8.32. The number of aromatic nitrogens is 2. The maximum absolute atomic E-state index is 13.2.